The first-order valence-electron chi connectivity index (χ1n) is 24.3. The molecule has 3 fully saturated rings. The molecule has 0 aromatic heterocycles. The third-order valence-corrected chi connectivity index (χ3v) is 13.0. The molecule has 1 aliphatic carbocycles. The maximum Gasteiger partial charge on any atom is 0.410 e. The number of ether oxygens (including phenoxy) is 5. The molecular weight excluding hydrogens is 995 g/mol. The molecule has 0 spiro atoms. The summed E-state index contributed by atoms with van der Waals surface area (Å²) in [6.45, 7) is -1.76. The van der Waals surface area contributed by atoms with Gasteiger partial charge in [0.1, 0.15) is 32.7 Å². The van der Waals surface area contributed by atoms with E-state index in [-0.39, 0.29) is 45.6 Å². The molecular formula is C50H58F2N14O10. The average molecular weight is 1050 g/mol. The number of rotatable bonds is 20. The van der Waals surface area contributed by atoms with Crippen molar-refractivity contribution in [2.45, 2.75) is 138 Å². The Morgan fingerprint density at radius 3 is 1.38 bits per heavy atom. The van der Waals surface area contributed by atoms with Crippen LogP contribution >= 0.6 is 0 Å². The van der Waals surface area contributed by atoms with Crippen molar-refractivity contribution >= 4 is 12.2 Å². The van der Waals surface area contributed by atoms with Gasteiger partial charge in [-0.05, 0) is 76.5 Å². The second-order valence-electron chi connectivity index (χ2n) is 17.9. The molecule has 76 heavy (non-hydrogen) atoms. The standard InChI is InChI=1S/C28H33FN10O6.C22H25FN4O4/c29-14-22(39(15-17-7-3-1-4-8-17)28(42)43-16-18-9-5-2-6-10-18)23-12-11-19(33-36-30)27(44-23)45-26-21(35-38-32)13-20(34-37-31)24(40)25(26)41;23-13-19(20-12-11-18(25-26-24)21(28)31-20)27(14-16-7-3-1-4-8-16)22(29)30-15-17-9-5-2-6-10-17/h1-10,19-27,40-41H,11-16H2;1-10,18-21,28H,11-15H2/t19-,20-,21+,22-,23+,24+,25-,26-,27-;18-,19+,20-,21?/m10/s1. The lowest BCUT2D eigenvalue weighted by atomic mass is 9.84. The number of benzene rings is 4. The molecule has 402 valence electrons. The van der Waals surface area contributed by atoms with Crippen LogP contribution in [0.5, 0.6) is 0 Å². The summed E-state index contributed by atoms with van der Waals surface area (Å²) in [6.07, 6.45) is -9.70. The van der Waals surface area contributed by atoms with Crippen molar-refractivity contribution in [3.63, 3.8) is 0 Å². The zero-order valence-corrected chi connectivity index (χ0v) is 41.0. The molecule has 0 bridgehead atoms. The molecule has 2 saturated heterocycles. The first kappa shape index (κ1) is 57.6. The predicted octanol–water partition coefficient (Wildman–Crippen LogP) is 9.56. The largest absolute Gasteiger partial charge is 0.445 e. The Bertz CT molecular complexity index is 2640. The van der Waals surface area contributed by atoms with Crippen LogP contribution in [0.2, 0.25) is 0 Å². The predicted molar refractivity (Wildman–Crippen MR) is 268 cm³/mol. The first-order chi connectivity index (χ1) is 37.0. The van der Waals surface area contributed by atoms with E-state index < -0.39 is 105 Å². The van der Waals surface area contributed by atoms with Gasteiger partial charge in [0, 0.05) is 32.7 Å². The molecule has 26 heteroatoms. The molecule has 3 N–H and O–H groups in total. The molecule has 1 unspecified atom stereocenters. The van der Waals surface area contributed by atoms with Crippen LogP contribution in [-0.2, 0) is 50.0 Å². The topological polar surface area (TPSA) is 343 Å². The van der Waals surface area contributed by atoms with Gasteiger partial charge >= 0.3 is 12.2 Å². The summed E-state index contributed by atoms with van der Waals surface area (Å²) >= 11 is 0. The number of nitrogens with zero attached hydrogens (tertiary/aromatic N) is 14. The molecule has 1 saturated carbocycles. The van der Waals surface area contributed by atoms with Crippen LogP contribution in [0.3, 0.4) is 0 Å². The summed E-state index contributed by atoms with van der Waals surface area (Å²) in [5, 5.41) is 45.9. The molecule has 2 heterocycles. The van der Waals surface area contributed by atoms with E-state index in [1.807, 2.05) is 72.8 Å². The summed E-state index contributed by atoms with van der Waals surface area (Å²) < 4.78 is 57.8. The van der Waals surface area contributed by atoms with E-state index in [9.17, 15) is 39.2 Å². The third kappa shape index (κ3) is 16.1. The zero-order valence-electron chi connectivity index (χ0n) is 41.0. The van der Waals surface area contributed by atoms with Crippen LogP contribution in [0.15, 0.2) is 142 Å². The maximum atomic E-state index is 14.9. The zero-order chi connectivity index (χ0) is 54.2. The Kier molecular flexibility index (Phi) is 22.7. The van der Waals surface area contributed by atoms with Crippen molar-refractivity contribution in [3.05, 3.63) is 185 Å². The van der Waals surface area contributed by atoms with Gasteiger partial charge in [0.15, 0.2) is 12.6 Å². The van der Waals surface area contributed by atoms with E-state index in [1.165, 1.54) is 9.80 Å². The Hall–Kier alpha value is -7.72. The van der Waals surface area contributed by atoms with Crippen LogP contribution in [0, 0.1) is 0 Å². The van der Waals surface area contributed by atoms with Crippen LogP contribution in [-0.4, -0.2) is 130 Å². The minimum absolute atomic E-state index is 0.00149. The normalized spacial score (nSPS) is 25.6. The summed E-state index contributed by atoms with van der Waals surface area (Å²) in [6, 6.07) is 30.4. The first-order valence-corrected chi connectivity index (χ1v) is 24.3. The van der Waals surface area contributed by atoms with E-state index in [0.29, 0.717) is 18.4 Å². The summed E-state index contributed by atoms with van der Waals surface area (Å²) in [5.74, 6) is 0. The van der Waals surface area contributed by atoms with E-state index in [0.717, 1.165) is 16.7 Å². The number of amides is 2. The van der Waals surface area contributed by atoms with Crippen molar-refractivity contribution in [1.82, 2.24) is 9.80 Å². The Morgan fingerprint density at radius 1 is 0.553 bits per heavy atom. The van der Waals surface area contributed by atoms with Gasteiger partial charge in [-0.2, -0.15) is 0 Å². The van der Waals surface area contributed by atoms with Crippen LogP contribution in [0.1, 0.15) is 54.4 Å². The SMILES string of the molecule is [N-]=[N+]=N[C@H]1CC[C@@H]([C@@H](CF)N(Cc2ccccc2)C(=O)OCc2ccccc2)OC1O.[N-]=[N+]=N[C@H]1C[C@@H](N=[N+]=[N-])[C@H](O)[C@@H](O)[C@@H]1O[C@H]1O[C@H]([C@@H](CF)N(Cc2ccccc2)C(=O)OCc2ccccc2)CC[C@H]1N=[N+]=[N-]. The molecule has 24 nitrogen and oxygen atoms in total. The highest BCUT2D eigenvalue weighted by Crippen LogP contribution is 2.35. The van der Waals surface area contributed by atoms with Gasteiger partial charge in [-0.1, -0.05) is 142 Å². The Labute approximate surface area is 435 Å². The Morgan fingerprint density at radius 2 is 0.947 bits per heavy atom. The number of hydrogen-bond donors (Lipinski definition) is 3. The van der Waals surface area contributed by atoms with Gasteiger partial charge in [-0.3, -0.25) is 9.80 Å². The highest BCUT2D eigenvalue weighted by molar-refractivity contribution is 5.69. The number of alkyl halides is 2. The minimum atomic E-state index is -1.68. The lowest BCUT2D eigenvalue weighted by molar-refractivity contribution is -0.260. The van der Waals surface area contributed by atoms with E-state index in [1.54, 1.807) is 48.5 Å². The Balaban J connectivity index is 0.000000264. The van der Waals surface area contributed by atoms with Gasteiger partial charge < -0.3 is 39.0 Å². The monoisotopic (exact) mass is 1050 g/mol. The highest BCUT2D eigenvalue weighted by atomic mass is 19.1. The summed E-state index contributed by atoms with van der Waals surface area (Å²) in [4.78, 5) is 39.9. The van der Waals surface area contributed by atoms with Crippen LogP contribution < -0.4 is 0 Å². The summed E-state index contributed by atoms with van der Waals surface area (Å²) in [5.41, 5.74) is 38.8. The van der Waals surface area contributed by atoms with E-state index in [4.69, 9.17) is 40.3 Å². The molecule has 2 aliphatic heterocycles. The number of aliphatic hydroxyl groups is 3. The van der Waals surface area contributed by atoms with Crippen LogP contribution in [0.4, 0.5) is 18.4 Å². The number of carbonyl (C=O) groups excluding carboxylic acids is 2. The average Bonchev–Trinajstić information content (AvgIpc) is 3.46. The maximum absolute atomic E-state index is 14.9. The quantitative estimate of drug-likeness (QED) is 0.0427. The van der Waals surface area contributed by atoms with Gasteiger partial charge in [-0.25, -0.2) is 18.4 Å². The molecule has 4 aromatic carbocycles. The summed E-state index contributed by atoms with van der Waals surface area (Å²) in [7, 11) is 0. The third-order valence-electron chi connectivity index (χ3n) is 13.0. The molecule has 13 atom stereocenters. The lowest BCUT2D eigenvalue weighted by Crippen LogP contribution is -2.59. The number of azide groups is 4. The fourth-order valence-electron chi connectivity index (χ4n) is 9.09. The fourth-order valence-corrected chi connectivity index (χ4v) is 9.09. The minimum Gasteiger partial charge on any atom is -0.445 e. The van der Waals surface area contributed by atoms with Gasteiger partial charge in [0.2, 0.25) is 0 Å². The second-order valence-corrected chi connectivity index (χ2v) is 17.9. The van der Waals surface area contributed by atoms with Crippen molar-refractivity contribution in [3.8, 4) is 0 Å². The van der Waals surface area contributed by atoms with E-state index >= 15 is 0 Å². The molecule has 3 aliphatic rings. The molecule has 2 amide bonds. The molecule has 0 radical (unpaired) electrons. The van der Waals surface area contributed by atoms with Crippen molar-refractivity contribution < 1.29 is 57.4 Å². The smallest absolute Gasteiger partial charge is 0.410 e. The van der Waals surface area contributed by atoms with Gasteiger partial charge in [0.25, 0.3) is 0 Å². The van der Waals surface area contributed by atoms with Gasteiger partial charge in [-0.15, -0.1) is 0 Å². The highest BCUT2D eigenvalue weighted by Gasteiger charge is 2.48. The van der Waals surface area contributed by atoms with Crippen molar-refractivity contribution in [1.29, 1.82) is 0 Å². The van der Waals surface area contributed by atoms with E-state index in [2.05, 4.69) is 40.1 Å². The van der Waals surface area contributed by atoms with Crippen molar-refractivity contribution in [2.75, 3.05) is 13.3 Å². The molecule has 4 aromatic rings. The lowest BCUT2D eigenvalue weighted by Gasteiger charge is -2.45. The van der Waals surface area contributed by atoms with Gasteiger partial charge in [0.05, 0.1) is 60.7 Å². The molecule has 7 rings (SSSR count). The second kappa shape index (κ2) is 30.0. The van der Waals surface area contributed by atoms with Crippen LogP contribution in [0.25, 0.3) is 41.8 Å². The number of carbonyl (C=O) groups is 2. The van der Waals surface area contributed by atoms with Crippen molar-refractivity contribution in [2.24, 2.45) is 20.5 Å². The fraction of sp³-hybridized carbons (Fsp3) is 0.480. The number of halogens is 2. The number of hydrogen-bond acceptors (Lipinski definition) is 14. The number of aliphatic hydroxyl groups excluding tert-OH is 3.